The van der Waals surface area contributed by atoms with Crippen LogP contribution in [0.15, 0.2) is 15.9 Å². The van der Waals surface area contributed by atoms with Crippen LogP contribution in [0.5, 0.6) is 0 Å². The molecule has 1 aromatic rings. The Bertz CT molecular complexity index is 280. The van der Waals surface area contributed by atoms with Gasteiger partial charge in [-0.05, 0) is 34.0 Å². The molecule has 3 heteroatoms. The second-order valence-corrected chi connectivity index (χ2v) is 5.89. The molecule has 1 rings (SSSR count). The van der Waals surface area contributed by atoms with Crippen molar-refractivity contribution in [3.05, 3.63) is 20.8 Å². The number of carbonyl (C=O) groups excluding carboxylic acids is 1. The van der Waals surface area contributed by atoms with Crippen LogP contribution >= 0.6 is 27.3 Å². The molecule has 0 fully saturated rings. The molecular formula is C10H13BrOS. The quantitative estimate of drug-likeness (QED) is 0.752. The molecule has 1 heterocycles. The second kappa shape index (κ2) is 4.91. The normalized spacial score (nSPS) is 13.2. The molecule has 72 valence electrons. The molecule has 0 radical (unpaired) electrons. The van der Waals surface area contributed by atoms with Gasteiger partial charge in [0.05, 0.1) is 3.79 Å². The zero-order valence-electron chi connectivity index (χ0n) is 7.79. The third kappa shape index (κ3) is 2.92. The summed E-state index contributed by atoms with van der Waals surface area (Å²) < 4.78 is 1.14. The average molecular weight is 261 g/mol. The lowest BCUT2D eigenvalue weighted by molar-refractivity contribution is -0.108. The van der Waals surface area contributed by atoms with Crippen LogP contribution in [-0.2, 0) is 4.79 Å². The van der Waals surface area contributed by atoms with E-state index >= 15 is 0 Å². The van der Waals surface area contributed by atoms with Crippen molar-refractivity contribution in [2.45, 2.75) is 26.2 Å². The number of thiophene rings is 1. The monoisotopic (exact) mass is 260 g/mol. The fourth-order valence-corrected chi connectivity index (χ4v) is 3.06. The van der Waals surface area contributed by atoms with E-state index in [4.69, 9.17) is 0 Å². The summed E-state index contributed by atoms with van der Waals surface area (Å²) in [5.74, 6) is 0.907. The average Bonchev–Trinajstić information content (AvgIpc) is 2.46. The molecule has 0 N–H and O–H groups in total. The Hall–Kier alpha value is -0.150. The number of hydrogen-bond acceptors (Lipinski definition) is 2. The molecule has 1 nitrogen and oxygen atoms in total. The number of hydrogen-bond donors (Lipinski definition) is 0. The molecule has 0 saturated carbocycles. The minimum Gasteiger partial charge on any atom is -0.303 e. The minimum atomic E-state index is 0.383. The van der Waals surface area contributed by atoms with E-state index in [2.05, 4.69) is 35.8 Å². The fraction of sp³-hybridized carbons (Fsp3) is 0.500. The molecular weight excluding hydrogens is 248 g/mol. The van der Waals surface area contributed by atoms with E-state index in [0.717, 1.165) is 10.1 Å². The van der Waals surface area contributed by atoms with Gasteiger partial charge in [-0.3, -0.25) is 0 Å². The second-order valence-electron chi connectivity index (χ2n) is 3.39. The fourth-order valence-electron chi connectivity index (χ4n) is 1.35. The highest BCUT2D eigenvalue weighted by atomic mass is 79.9. The van der Waals surface area contributed by atoms with Gasteiger partial charge in [-0.15, -0.1) is 11.3 Å². The Labute approximate surface area is 91.3 Å². The lowest BCUT2D eigenvalue weighted by Crippen LogP contribution is -2.05. The maximum atomic E-state index is 10.5. The van der Waals surface area contributed by atoms with Gasteiger partial charge in [0.15, 0.2) is 0 Å². The molecule has 1 unspecified atom stereocenters. The first-order chi connectivity index (χ1) is 6.15. The summed E-state index contributed by atoms with van der Waals surface area (Å²) in [6.45, 7) is 4.31. The first-order valence-electron chi connectivity index (χ1n) is 4.34. The van der Waals surface area contributed by atoms with E-state index in [1.54, 1.807) is 11.3 Å². The Morgan fingerprint density at radius 2 is 2.23 bits per heavy atom. The first-order valence-corrected chi connectivity index (χ1v) is 5.95. The molecule has 0 saturated heterocycles. The van der Waals surface area contributed by atoms with E-state index in [1.807, 2.05) is 6.07 Å². The largest absolute Gasteiger partial charge is 0.303 e. The SMILES string of the molecule is CC(C)C(CC=O)c1ccc(Br)s1. The van der Waals surface area contributed by atoms with Gasteiger partial charge >= 0.3 is 0 Å². The Morgan fingerprint density at radius 1 is 1.54 bits per heavy atom. The van der Waals surface area contributed by atoms with Gasteiger partial charge in [-0.1, -0.05) is 13.8 Å². The summed E-state index contributed by atoms with van der Waals surface area (Å²) in [5, 5.41) is 0. The Balaban J connectivity index is 2.81. The predicted octanol–water partition coefficient (Wildman–Crippen LogP) is 3.84. The van der Waals surface area contributed by atoms with Gasteiger partial charge in [0.2, 0.25) is 0 Å². The van der Waals surface area contributed by atoms with Crippen LogP contribution in [0, 0.1) is 5.92 Å². The van der Waals surface area contributed by atoms with E-state index in [1.165, 1.54) is 4.88 Å². The Kier molecular flexibility index (Phi) is 4.13. The van der Waals surface area contributed by atoms with Crippen LogP contribution in [0.3, 0.4) is 0 Å². The van der Waals surface area contributed by atoms with Crippen molar-refractivity contribution in [2.24, 2.45) is 5.92 Å². The zero-order chi connectivity index (χ0) is 9.84. The summed E-state index contributed by atoms with van der Waals surface area (Å²) >= 11 is 5.15. The molecule has 1 aromatic heterocycles. The topological polar surface area (TPSA) is 17.1 Å². The van der Waals surface area contributed by atoms with E-state index in [9.17, 15) is 4.79 Å². The van der Waals surface area contributed by atoms with Gasteiger partial charge in [0.1, 0.15) is 6.29 Å². The number of carbonyl (C=O) groups is 1. The van der Waals surface area contributed by atoms with E-state index in [-0.39, 0.29) is 0 Å². The highest BCUT2D eigenvalue weighted by molar-refractivity contribution is 9.11. The predicted molar refractivity (Wildman–Crippen MR) is 60.3 cm³/mol. The summed E-state index contributed by atoms with van der Waals surface area (Å²) in [4.78, 5) is 11.8. The summed E-state index contributed by atoms with van der Waals surface area (Å²) in [5.41, 5.74) is 0. The maximum Gasteiger partial charge on any atom is 0.120 e. The van der Waals surface area contributed by atoms with E-state index < -0.39 is 0 Å². The van der Waals surface area contributed by atoms with Crippen molar-refractivity contribution in [3.8, 4) is 0 Å². The van der Waals surface area contributed by atoms with E-state index in [0.29, 0.717) is 18.3 Å². The van der Waals surface area contributed by atoms with Crippen molar-refractivity contribution >= 4 is 33.6 Å². The van der Waals surface area contributed by atoms with Crippen LogP contribution in [0.4, 0.5) is 0 Å². The molecule has 1 atom stereocenters. The van der Waals surface area contributed by atoms with Gasteiger partial charge in [0, 0.05) is 17.2 Å². The van der Waals surface area contributed by atoms with Crippen LogP contribution in [0.25, 0.3) is 0 Å². The number of halogens is 1. The molecule has 0 amide bonds. The van der Waals surface area contributed by atoms with Crippen molar-refractivity contribution in [2.75, 3.05) is 0 Å². The molecule has 0 aromatic carbocycles. The Morgan fingerprint density at radius 3 is 2.62 bits per heavy atom. The van der Waals surface area contributed by atoms with Crippen LogP contribution in [0.2, 0.25) is 0 Å². The van der Waals surface area contributed by atoms with Gasteiger partial charge in [-0.2, -0.15) is 0 Å². The summed E-state index contributed by atoms with van der Waals surface area (Å²) in [6, 6.07) is 4.14. The standard InChI is InChI=1S/C10H13BrOS/c1-7(2)8(5-6-12)9-3-4-10(11)13-9/h3-4,6-8H,5H2,1-2H3. The maximum absolute atomic E-state index is 10.5. The first kappa shape index (κ1) is 10.9. The third-order valence-corrected chi connectivity index (χ3v) is 3.87. The molecule has 0 aliphatic heterocycles. The summed E-state index contributed by atoms with van der Waals surface area (Å²) in [7, 11) is 0. The molecule has 0 aliphatic carbocycles. The smallest absolute Gasteiger partial charge is 0.120 e. The van der Waals surface area contributed by atoms with Gasteiger partial charge < -0.3 is 4.79 Å². The van der Waals surface area contributed by atoms with Gasteiger partial charge in [-0.25, -0.2) is 0 Å². The molecule has 0 spiro atoms. The molecule has 13 heavy (non-hydrogen) atoms. The number of aldehydes is 1. The molecule has 0 bridgehead atoms. The van der Waals surface area contributed by atoms with Crippen LogP contribution < -0.4 is 0 Å². The zero-order valence-corrected chi connectivity index (χ0v) is 10.2. The lowest BCUT2D eigenvalue weighted by Gasteiger charge is -2.15. The highest BCUT2D eigenvalue weighted by Gasteiger charge is 2.16. The van der Waals surface area contributed by atoms with Crippen LogP contribution in [0.1, 0.15) is 31.1 Å². The van der Waals surface area contributed by atoms with Crippen molar-refractivity contribution < 1.29 is 4.79 Å². The number of rotatable bonds is 4. The van der Waals surface area contributed by atoms with Crippen molar-refractivity contribution in [1.82, 2.24) is 0 Å². The lowest BCUT2D eigenvalue weighted by atomic mass is 9.92. The molecule has 0 aliphatic rings. The van der Waals surface area contributed by atoms with Crippen molar-refractivity contribution in [3.63, 3.8) is 0 Å². The highest BCUT2D eigenvalue weighted by Crippen LogP contribution is 2.34. The summed E-state index contributed by atoms with van der Waals surface area (Å²) in [6.07, 6.45) is 1.64. The van der Waals surface area contributed by atoms with Gasteiger partial charge in [0.25, 0.3) is 0 Å². The minimum absolute atomic E-state index is 0.383. The third-order valence-electron chi connectivity index (χ3n) is 2.11. The van der Waals surface area contributed by atoms with Crippen LogP contribution in [-0.4, -0.2) is 6.29 Å². The van der Waals surface area contributed by atoms with Crippen molar-refractivity contribution in [1.29, 1.82) is 0 Å².